The molecule has 1 fully saturated rings. The normalized spacial score (nSPS) is 17.2. The zero-order chi connectivity index (χ0) is 12.5. The van der Waals surface area contributed by atoms with Gasteiger partial charge >= 0.3 is 0 Å². The van der Waals surface area contributed by atoms with E-state index in [1.54, 1.807) is 12.1 Å². The highest BCUT2D eigenvalue weighted by atomic mass is 19.1. The second-order valence-corrected chi connectivity index (χ2v) is 5.19. The van der Waals surface area contributed by atoms with Crippen LogP contribution >= 0.6 is 0 Å². The van der Waals surface area contributed by atoms with Crippen LogP contribution in [0, 0.1) is 12.7 Å². The van der Waals surface area contributed by atoms with Crippen molar-refractivity contribution in [3.05, 3.63) is 47.3 Å². The standard InChI is InChI=1S/C16H18FN/c1-11-2-3-12-4-5-14(17)10-15(12)16(11)13-6-8-18-9-7-13/h2-5,10,13,18H,6-9H2,1H3. The Bertz CT molecular complexity index is 565. The zero-order valence-corrected chi connectivity index (χ0v) is 10.7. The molecule has 2 heteroatoms. The van der Waals surface area contributed by atoms with Crippen LogP contribution in [0.1, 0.15) is 29.9 Å². The highest BCUT2D eigenvalue weighted by Crippen LogP contribution is 2.34. The molecule has 1 heterocycles. The van der Waals surface area contributed by atoms with Crippen molar-refractivity contribution in [3.63, 3.8) is 0 Å². The molecule has 0 aromatic heterocycles. The third-order valence-electron chi connectivity index (χ3n) is 3.99. The number of nitrogens with one attached hydrogen (secondary N) is 1. The van der Waals surface area contributed by atoms with Crippen LogP contribution in [0.2, 0.25) is 0 Å². The molecule has 94 valence electrons. The number of hydrogen-bond donors (Lipinski definition) is 1. The van der Waals surface area contributed by atoms with Gasteiger partial charge in [0.15, 0.2) is 0 Å². The van der Waals surface area contributed by atoms with Gasteiger partial charge in [-0.25, -0.2) is 4.39 Å². The monoisotopic (exact) mass is 243 g/mol. The van der Waals surface area contributed by atoms with E-state index in [1.807, 2.05) is 6.07 Å². The van der Waals surface area contributed by atoms with Crippen molar-refractivity contribution in [2.45, 2.75) is 25.7 Å². The molecule has 1 saturated heterocycles. The summed E-state index contributed by atoms with van der Waals surface area (Å²) >= 11 is 0. The molecule has 1 nitrogen and oxygen atoms in total. The lowest BCUT2D eigenvalue weighted by Gasteiger charge is -2.26. The van der Waals surface area contributed by atoms with Crippen LogP contribution < -0.4 is 5.32 Å². The summed E-state index contributed by atoms with van der Waals surface area (Å²) < 4.78 is 13.5. The summed E-state index contributed by atoms with van der Waals surface area (Å²) in [6.07, 6.45) is 2.30. The molecule has 0 radical (unpaired) electrons. The number of halogens is 1. The number of aryl methyl sites for hydroxylation is 1. The molecule has 2 aromatic carbocycles. The number of piperidine rings is 1. The highest BCUT2D eigenvalue weighted by molar-refractivity contribution is 5.87. The first-order valence-corrected chi connectivity index (χ1v) is 6.65. The minimum atomic E-state index is -0.136. The smallest absolute Gasteiger partial charge is 0.123 e. The molecule has 0 atom stereocenters. The number of hydrogen-bond acceptors (Lipinski definition) is 1. The van der Waals surface area contributed by atoms with E-state index in [0.717, 1.165) is 36.7 Å². The predicted octanol–water partition coefficient (Wildman–Crippen LogP) is 3.75. The Hall–Kier alpha value is -1.41. The summed E-state index contributed by atoms with van der Waals surface area (Å²) in [5.41, 5.74) is 2.65. The Morgan fingerprint density at radius 3 is 2.61 bits per heavy atom. The molecule has 1 aliphatic heterocycles. The summed E-state index contributed by atoms with van der Waals surface area (Å²) in [5, 5.41) is 5.64. The number of fused-ring (bicyclic) bond motifs is 1. The molecule has 0 bridgehead atoms. The second kappa shape index (κ2) is 4.69. The van der Waals surface area contributed by atoms with Crippen molar-refractivity contribution in [3.8, 4) is 0 Å². The molecule has 0 unspecified atom stereocenters. The van der Waals surface area contributed by atoms with E-state index >= 15 is 0 Å². The molecule has 3 rings (SSSR count). The average molecular weight is 243 g/mol. The molecule has 1 aliphatic rings. The van der Waals surface area contributed by atoms with E-state index in [4.69, 9.17) is 0 Å². The molecule has 0 amide bonds. The van der Waals surface area contributed by atoms with Gasteiger partial charge in [0.2, 0.25) is 0 Å². The maximum atomic E-state index is 13.5. The van der Waals surface area contributed by atoms with Crippen LogP contribution in [0.3, 0.4) is 0 Å². The Morgan fingerprint density at radius 1 is 1.11 bits per heavy atom. The van der Waals surface area contributed by atoms with E-state index in [-0.39, 0.29) is 5.82 Å². The lowest BCUT2D eigenvalue weighted by Crippen LogP contribution is -2.27. The first-order valence-electron chi connectivity index (χ1n) is 6.65. The fraction of sp³-hybridized carbons (Fsp3) is 0.375. The SMILES string of the molecule is Cc1ccc2ccc(F)cc2c1C1CCNCC1. The summed E-state index contributed by atoms with van der Waals surface area (Å²) in [4.78, 5) is 0. The maximum absolute atomic E-state index is 13.5. The first kappa shape index (κ1) is 11.7. The zero-order valence-electron chi connectivity index (χ0n) is 10.7. The van der Waals surface area contributed by atoms with Gasteiger partial charge in [-0.15, -0.1) is 0 Å². The van der Waals surface area contributed by atoms with Gasteiger partial charge in [-0.1, -0.05) is 18.2 Å². The van der Waals surface area contributed by atoms with Crippen LogP contribution in [0.5, 0.6) is 0 Å². The van der Waals surface area contributed by atoms with Crippen molar-refractivity contribution in [1.82, 2.24) is 5.32 Å². The molecule has 18 heavy (non-hydrogen) atoms. The minimum absolute atomic E-state index is 0.136. The minimum Gasteiger partial charge on any atom is -0.317 e. The van der Waals surface area contributed by atoms with Crippen LogP contribution in [0.15, 0.2) is 30.3 Å². The summed E-state index contributed by atoms with van der Waals surface area (Å²) in [5.74, 6) is 0.431. The third kappa shape index (κ3) is 2.01. The van der Waals surface area contributed by atoms with Crippen LogP contribution in [-0.2, 0) is 0 Å². The van der Waals surface area contributed by atoms with Gasteiger partial charge in [-0.05, 0) is 72.8 Å². The van der Waals surface area contributed by atoms with Gasteiger partial charge < -0.3 is 5.32 Å². The van der Waals surface area contributed by atoms with Gasteiger partial charge in [-0.3, -0.25) is 0 Å². The van der Waals surface area contributed by atoms with Gasteiger partial charge in [0, 0.05) is 0 Å². The molecular formula is C16H18FN. The fourth-order valence-corrected chi connectivity index (χ4v) is 3.08. The van der Waals surface area contributed by atoms with Gasteiger partial charge in [0.25, 0.3) is 0 Å². The first-order chi connectivity index (χ1) is 8.75. The van der Waals surface area contributed by atoms with Crippen LogP contribution in [-0.4, -0.2) is 13.1 Å². The van der Waals surface area contributed by atoms with Crippen molar-refractivity contribution in [2.75, 3.05) is 13.1 Å². The van der Waals surface area contributed by atoms with Crippen molar-refractivity contribution >= 4 is 10.8 Å². The molecular weight excluding hydrogens is 225 g/mol. The summed E-state index contributed by atoms with van der Waals surface area (Å²) in [6, 6.07) is 9.38. The predicted molar refractivity (Wildman–Crippen MR) is 73.5 cm³/mol. The van der Waals surface area contributed by atoms with Gasteiger partial charge in [0.1, 0.15) is 5.82 Å². The third-order valence-corrected chi connectivity index (χ3v) is 3.99. The van der Waals surface area contributed by atoms with Crippen molar-refractivity contribution in [2.24, 2.45) is 0 Å². The highest BCUT2D eigenvalue weighted by Gasteiger charge is 2.19. The maximum Gasteiger partial charge on any atom is 0.123 e. The van der Waals surface area contributed by atoms with Crippen LogP contribution in [0.4, 0.5) is 4.39 Å². The Labute approximate surface area is 107 Å². The van der Waals surface area contributed by atoms with Gasteiger partial charge in [0.05, 0.1) is 0 Å². The van der Waals surface area contributed by atoms with E-state index < -0.39 is 0 Å². The molecule has 2 aromatic rings. The van der Waals surface area contributed by atoms with Gasteiger partial charge in [-0.2, -0.15) is 0 Å². The molecule has 0 spiro atoms. The molecule has 0 aliphatic carbocycles. The van der Waals surface area contributed by atoms with Crippen molar-refractivity contribution in [1.29, 1.82) is 0 Å². The topological polar surface area (TPSA) is 12.0 Å². The number of benzene rings is 2. The van der Waals surface area contributed by atoms with Crippen molar-refractivity contribution < 1.29 is 4.39 Å². The number of rotatable bonds is 1. The molecule has 0 saturated carbocycles. The lowest BCUT2D eigenvalue weighted by molar-refractivity contribution is 0.461. The summed E-state index contributed by atoms with van der Waals surface area (Å²) in [7, 11) is 0. The Morgan fingerprint density at radius 2 is 1.83 bits per heavy atom. The van der Waals surface area contributed by atoms with E-state index in [9.17, 15) is 4.39 Å². The van der Waals surface area contributed by atoms with E-state index in [1.165, 1.54) is 11.1 Å². The second-order valence-electron chi connectivity index (χ2n) is 5.19. The Kier molecular flexibility index (Phi) is 3.04. The average Bonchev–Trinajstić information content (AvgIpc) is 2.39. The molecule has 1 N–H and O–H groups in total. The quantitative estimate of drug-likeness (QED) is 0.804. The fourth-order valence-electron chi connectivity index (χ4n) is 3.08. The largest absolute Gasteiger partial charge is 0.317 e. The lowest BCUT2D eigenvalue weighted by atomic mass is 9.84. The van der Waals surface area contributed by atoms with E-state index in [0.29, 0.717) is 5.92 Å². The van der Waals surface area contributed by atoms with E-state index in [2.05, 4.69) is 24.4 Å². The summed E-state index contributed by atoms with van der Waals surface area (Å²) in [6.45, 7) is 4.27. The Balaban J connectivity index is 2.18. The van der Waals surface area contributed by atoms with Crippen LogP contribution in [0.25, 0.3) is 10.8 Å².